The van der Waals surface area contributed by atoms with Crippen LogP contribution in [0.4, 0.5) is 17.3 Å². The molecule has 0 aliphatic heterocycles. The Balaban J connectivity index is 0. The summed E-state index contributed by atoms with van der Waals surface area (Å²) in [6.45, 7) is 7.08. The molecule has 17 heavy (non-hydrogen) atoms. The average molecular weight is 276 g/mol. The van der Waals surface area contributed by atoms with E-state index >= 15 is 0 Å². The summed E-state index contributed by atoms with van der Waals surface area (Å²) >= 11 is 0. The van der Waals surface area contributed by atoms with E-state index in [1.807, 2.05) is 0 Å². The molecular weight excluding hydrogens is 251 g/mol. The smallest absolute Gasteiger partial charge is 0.418 e. The van der Waals surface area contributed by atoms with Gasteiger partial charge in [0.15, 0.2) is 0 Å². The summed E-state index contributed by atoms with van der Waals surface area (Å²) in [5, 5.41) is 0. The summed E-state index contributed by atoms with van der Waals surface area (Å²) in [4.78, 5) is 0. The van der Waals surface area contributed by atoms with Crippen molar-refractivity contribution in [2.45, 2.75) is 57.6 Å². The van der Waals surface area contributed by atoms with Crippen molar-refractivity contribution < 1.29 is 17.3 Å². The second-order valence-corrected chi connectivity index (χ2v) is 7.62. The summed E-state index contributed by atoms with van der Waals surface area (Å²) in [5.41, 5.74) is 0. The topological polar surface area (TPSA) is 0 Å². The normalized spacial score (nSPS) is 12.4. The van der Waals surface area contributed by atoms with Crippen LogP contribution in [-0.4, -0.2) is 24.5 Å². The molecule has 0 rings (SSSR count). The monoisotopic (exact) mass is 276 g/mol. The fourth-order valence-electron chi connectivity index (χ4n) is 1.18. The minimum absolute atomic E-state index is 0.569. The lowest BCUT2D eigenvalue weighted by Crippen LogP contribution is -2.29. The van der Waals surface area contributed by atoms with Gasteiger partial charge in [0.1, 0.15) is 4.75 Å². The van der Waals surface area contributed by atoms with Crippen molar-refractivity contribution in [2.24, 2.45) is 0 Å². The van der Waals surface area contributed by atoms with E-state index in [-0.39, 0.29) is 0 Å². The van der Waals surface area contributed by atoms with Gasteiger partial charge in [-0.1, -0.05) is 26.2 Å². The Kier molecular flexibility index (Phi) is 10.4. The van der Waals surface area contributed by atoms with Gasteiger partial charge in [0, 0.05) is 0 Å². The first-order chi connectivity index (χ1) is 7.50. The number of hydrogen-bond acceptors (Lipinski definition) is 0. The van der Waals surface area contributed by atoms with Crippen molar-refractivity contribution in [3.8, 4) is 0 Å². The average Bonchev–Trinajstić information content (AvgIpc) is 2.09. The Morgan fingerprint density at radius 1 is 0.941 bits per heavy atom. The zero-order chi connectivity index (χ0) is 14.1. The lowest BCUT2D eigenvalue weighted by molar-refractivity contribution is 0.368. The van der Waals surface area contributed by atoms with Crippen molar-refractivity contribution in [1.82, 2.24) is 0 Å². The zero-order valence-corrected chi connectivity index (χ0v) is 12.3. The van der Waals surface area contributed by atoms with Gasteiger partial charge in [-0.3, -0.25) is 0 Å². The molecule has 0 aliphatic rings. The molecule has 0 aromatic carbocycles. The van der Waals surface area contributed by atoms with Crippen LogP contribution in [0.1, 0.15) is 52.9 Å². The number of unbranched alkanes of at least 4 members (excludes halogenated alkanes) is 3. The molecule has 0 saturated carbocycles. The van der Waals surface area contributed by atoms with Crippen LogP contribution >= 0.6 is 0 Å². The number of hydrogen-bond donors (Lipinski definition) is 0. The molecule has 0 aromatic rings. The highest BCUT2D eigenvalue weighted by Gasteiger charge is 2.29. The van der Waals surface area contributed by atoms with E-state index in [2.05, 4.69) is 33.3 Å². The van der Waals surface area contributed by atoms with Gasteiger partial charge in [-0.25, -0.2) is 0 Å². The summed E-state index contributed by atoms with van der Waals surface area (Å²) in [7, 11) is -5.43. The van der Waals surface area contributed by atoms with Crippen LogP contribution in [0.3, 0.4) is 0 Å². The van der Waals surface area contributed by atoms with Gasteiger partial charge < -0.3 is 17.3 Å². The summed E-state index contributed by atoms with van der Waals surface area (Å²) in [5.74, 6) is 0. The molecule has 0 heterocycles. The van der Waals surface area contributed by atoms with Crippen LogP contribution in [0.5, 0.6) is 0 Å². The van der Waals surface area contributed by atoms with Crippen molar-refractivity contribution in [1.29, 1.82) is 0 Å². The summed E-state index contributed by atoms with van der Waals surface area (Å²) in [6.07, 6.45) is 11.7. The highest BCUT2D eigenvalue weighted by Crippen LogP contribution is 2.23. The molecule has 0 atom stereocenters. The van der Waals surface area contributed by atoms with Gasteiger partial charge in [0.05, 0.1) is 12.5 Å². The zero-order valence-electron chi connectivity index (χ0n) is 11.5. The predicted octanol–water partition coefficient (Wildman–Crippen LogP) is 4.91. The van der Waals surface area contributed by atoms with Crippen molar-refractivity contribution in [3.63, 3.8) is 0 Å². The first-order valence-electron chi connectivity index (χ1n) is 5.95. The van der Waals surface area contributed by atoms with Gasteiger partial charge in [0.2, 0.25) is 0 Å². The Bertz CT molecular complexity index is 175. The first kappa shape index (κ1) is 19.5. The van der Waals surface area contributed by atoms with Gasteiger partial charge in [0.25, 0.3) is 0 Å². The van der Waals surface area contributed by atoms with E-state index in [1.54, 1.807) is 0 Å². The largest absolute Gasteiger partial charge is 0.673 e. The predicted molar refractivity (Wildman–Crippen MR) is 72.2 cm³/mol. The number of rotatable bonds is 6. The molecule has 0 N–H and O–H groups in total. The van der Waals surface area contributed by atoms with E-state index in [1.165, 1.54) is 32.1 Å². The third-order valence-electron chi connectivity index (χ3n) is 2.74. The van der Waals surface area contributed by atoms with Crippen molar-refractivity contribution >= 4 is 18.1 Å². The standard InChI is InChI=1S/C11H25S.BF4/c1-6-7-8-9-10-11(2,3)12(4)5;2-1(3,4)5/h6-10H2,1-5H3;/q+1;-1. The lowest BCUT2D eigenvalue weighted by Gasteiger charge is -2.20. The molecule has 0 nitrogen and oxygen atoms in total. The highest BCUT2D eigenvalue weighted by atomic mass is 32.2. The van der Waals surface area contributed by atoms with E-state index in [4.69, 9.17) is 0 Å². The van der Waals surface area contributed by atoms with Crippen LogP contribution < -0.4 is 0 Å². The maximum Gasteiger partial charge on any atom is 0.673 e. The van der Waals surface area contributed by atoms with Crippen LogP contribution in [0.15, 0.2) is 0 Å². The van der Waals surface area contributed by atoms with Crippen LogP contribution in [-0.2, 0) is 10.9 Å². The fourth-order valence-corrected chi connectivity index (χ4v) is 1.73. The van der Waals surface area contributed by atoms with Crippen LogP contribution in [0, 0.1) is 0 Å². The second kappa shape index (κ2) is 9.12. The van der Waals surface area contributed by atoms with E-state index in [0.29, 0.717) is 15.6 Å². The first-order valence-corrected chi connectivity index (χ1v) is 8.00. The van der Waals surface area contributed by atoms with Crippen molar-refractivity contribution in [3.05, 3.63) is 0 Å². The summed E-state index contributed by atoms with van der Waals surface area (Å²) < 4.78 is 39.6. The minimum Gasteiger partial charge on any atom is -0.418 e. The molecule has 0 saturated heterocycles. The Morgan fingerprint density at radius 3 is 1.65 bits per heavy atom. The quantitative estimate of drug-likeness (QED) is 0.280. The highest BCUT2D eigenvalue weighted by molar-refractivity contribution is 7.96. The molecule has 0 radical (unpaired) electrons. The van der Waals surface area contributed by atoms with E-state index in [9.17, 15) is 17.3 Å². The molecule has 0 spiro atoms. The molecular formula is C11H25BF4S. The molecule has 6 heteroatoms. The lowest BCUT2D eigenvalue weighted by atomic mass is 10.0. The molecule has 0 bridgehead atoms. The molecule has 0 amide bonds. The third-order valence-corrected chi connectivity index (χ3v) is 5.15. The molecule has 0 unspecified atom stereocenters. The Morgan fingerprint density at radius 2 is 1.35 bits per heavy atom. The fraction of sp³-hybridized carbons (Fsp3) is 1.00. The second-order valence-electron chi connectivity index (χ2n) is 4.88. The van der Waals surface area contributed by atoms with E-state index < -0.39 is 7.25 Å². The van der Waals surface area contributed by atoms with Gasteiger partial charge >= 0.3 is 7.25 Å². The van der Waals surface area contributed by atoms with E-state index in [0.717, 1.165) is 0 Å². The molecule has 0 fully saturated rings. The Labute approximate surface area is 106 Å². The number of halogens is 4. The minimum atomic E-state index is -6.00. The van der Waals surface area contributed by atoms with Gasteiger partial charge in [-0.15, -0.1) is 0 Å². The third kappa shape index (κ3) is 18.7. The van der Waals surface area contributed by atoms with Crippen LogP contribution in [0.2, 0.25) is 0 Å². The molecule has 106 valence electrons. The maximum absolute atomic E-state index is 9.75. The summed E-state index contributed by atoms with van der Waals surface area (Å²) in [6, 6.07) is 0. The molecule has 0 aromatic heterocycles. The molecule has 0 aliphatic carbocycles. The van der Waals surface area contributed by atoms with Crippen LogP contribution in [0.25, 0.3) is 0 Å². The Hall–Kier alpha value is 0.135. The SMILES string of the molecule is CCCCCCC(C)(C)[S+](C)C.F[B-](F)(F)F. The van der Waals surface area contributed by atoms with Gasteiger partial charge in [-0.2, -0.15) is 0 Å². The maximum atomic E-state index is 9.75. The van der Waals surface area contributed by atoms with Crippen molar-refractivity contribution in [2.75, 3.05) is 12.5 Å². The van der Waals surface area contributed by atoms with Gasteiger partial charge in [-0.05, 0) is 37.6 Å².